The van der Waals surface area contributed by atoms with E-state index in [4.69, 9.17) is 25.8 Å². The Morgan fingerprint density at radius 3 is 2.75 bits per heavy atom. The highest BCUT2D eigenvalue weighted by Gasteiger charge is 2.13. The van der Waals surface area contributed by atoms with Gasteiger partial charge in [-0.15, -0.1) is 0 Å². The zero-order valence-corrected chi connectivity index (χ0v) is 15.7. The Morgan fingerprint density at radius 1 is 1.11 bits per heavy atom. The SMILES string of the molecule is COc1cc2c(cc1NC(=S)NC(=O)C=Cc1ccco1)oc1ccccc12. The van der Waals surface area contributed by atoms with Gasteiger partial charge in [0.25, 0.3) is 0 Å². The summed E-state index contributed by atoms with van der Waals surface area (Å²) in [5.74, 6) is 0.783. The van der Waals surface area contributed by atoms with Crippen LogP contribution in [0.25, 0.3) is 28.0 Å². The van der Waals surface area contributed by atoms with Crippen LogP contribution in [0.2, 0.25) is 0 Å². The van der Waals surface area contributed by atoms with Gasteiger partial charge < -0.3 is 18.9 Å². The van der Waals surface area contributed by atoms with Gasteiger partial charge in [0.05, 0.1) is 19.1 Å². The lowest BCUT2D eigenvalue weighted by Crippen LogP contribution is -2.32. The summed E-state index contributed by atoms with van der Waals surface area (Å²) in [6.07, 6.45) is 4.43. The number of methoxy groups -OCH3 is 1. The van der Waals surface area contributed by atoms with Gasteiger partial charge in [0.2, 0.25) is 5.91 Å². The second-order valence-electron chi connectivity index (χ2n) is 5.94. The molecule has 1 amide bonds. The van der Waals surface area contributed by atoms with Crippen LogP contribution in [0.4, 0.5) is 5.69 Å². The monoisotopic (exact) mass is 392 g/mol. The minimum Gasteiger partial charge on any atom is -0.495 e. The smallest absolute Gasteiger partial charge is 0.250 e. The zero-order chi connectivity index (χ0) is 19.5. The van der Waals surface area contributed by atoms with E-state index in [1.807, 2.05) is 30.3 Å². The third kappa shape index (κ3) is 3.60. The fourth-order valence-corrected chi connectivity index (χ4v) is 3.08. The molecule has 0 radical (unpaired) electrons. The Morgan fingerprint density at radius 2 is 1.96 bits per heavy atom. The van der Waals surface area contributed by atoms with E-state index in [9.17, 15) is 4.79 Å². The predicted octanol–water partition coefficient (Wildman–Crippen LogP) is 4.71. The van der Waals surface area contributed by atoms with Gasteiger partial charge in [0.1, 0.15) is 22.7 Å². The third-order valence-corrected chi connectivity index (χ3v) is 4.33. The van der Waals surface area contributed by atoms with E-state index in [2.05, 4.69) is 10.6 Å². The van der Waals surface area contributed by atoms with Crippen LogP contribution in [0, 0.1) is 0 Å². The number of amides is 1. The van der Waals surface area contributed by atoms with E-state index in [0.717, 1.165) is 16.4 Å². The van der Waals surface area contributed by atoms with E-state index in [1.54, 1.807) is 31.4 Å². The quantitative estimate of drug-likeness (QED) is 0.387. The van der Waals surface area contributed by atoms with Crippen molar-refractivity contribution >= 4 is 56.9 Å². The molecule has 6 nitrogen and oxygen atoms in total. The highest BCUT2D eigenvalue weighted by molar-refractivity contribution is 7.80. The topological polar surface area (TPSA) is 76.6 Å². The summed E-state index contributed by atoms with van der Waals surface area (Å²) in [6.45, 7) is 0. The molecule has 0 bridgehead atoms. The summed E-state index contributed by atoms with van der Waals surface area (Å²) in [6, 6.07) is 14.9. The predicted molar refractivity (Wildman–Crippen MR) is 112 cm³/mol. The molecule has 0 aliphatic rings. The molecule has 2 aromatic heterocycles. The Bertz CT molecular complexity index is 1190. The van der Waals surface area contributed by atoms with Gasteiger partial charge in [-0.25, -0.2) is 0 Å². The van der Waals surface area contributed by atoms with Crippen LogP contribution < -0.4 is 15.4 Å². The summed E-state index contributed by atoms with van der Waals surface area (Å²) < 4.78 is 16.5. The van der Waals surface area contributed by atoms with Crippen molar-refractivity contribution in [2.45, 2.75) is 0 Å². The van der Waals surface area contributed by atoms with E-state index in [-0.39, 0.29) is 11.0 Å². The van der Waals surface area contributed by atoms with Crippen LogP contribution >= 0.6 is 12.2 Å². The standard InChI is InChI=1S/C21H16N2O4S/c1-25-19-11-15-14-6-2-3-7-17(14)27-18(15)12-16(19)22-21(28)23-20(24)9-8-13-5-4-10-26-13/h2-12H,1H3,(H2,22,23,24,28). The Labute approximate surface area is 165 Å². The number of ether oxygens (including phenoxy) is 1. The molecular weight excluding hydrogens is 376 g/mol. The number of anilines is 1. The molecule has 2 aromatic carbocycles. The molecule has 28 heavy (non-hydrogen) atoms. The van der Waals surface area contributed by atoms with Crippen molar-refractivity contribution in [2.24, 2.45) is 0 Å². The van der Waals surface area contributed by atoms with Crippen molar-refractivity contribution in [2.75, 3.05) is 12.4 Å². The van der Waals surface area contributed by atoms with Gasteiger partial charge in [-0.2, -0.15) is 0 Å². The van der Waals surface area contributed by atoms with Crippen LogP contribution in [-0.4, -0.2) is 18.1 Å². The third-order valence-electron chi connectivity index (χ3n) is 4.13. The first-order valence-corrected chi connectivity index (χ1v) is 8.88. The molecule has 140 valence electrons. The van der Waals surface area contributed by atoms with Crippen molar-refractivity contribution in [1.82, 2.24) is 5.32 Å². The molecule has 4 rings (SSSR count). The lowest BCUT2D eigenvalue weighted by Gasteiger charge is -2.12. The molecule has 0 saturated carbocycles. The van der Waals surface area contributed by atoms with Crippen molar-refractivity contribution < 1.29 is 18.4 Å². The lowest BCUT2D eigenvalue weighted by atomic mass is 10.1. The number of benzene rings is 2. The zero-order valence-electron chi connectivity index (χ0n) is 14.9. The first-order valence-electron chi connectivity index (χ1n) is 8.47. The van der Waals surface area contributed by atoms with E-state index >= 15 is 0 Å². The molecule has 0 saturated heterocycles. The number of nitrogens with one attached hydrogen (secondary N) is 2. The number of hydrogen-bond acceptors (Lipinski definition) is 5. The number of carbonyl (C=O) groups is 1. The van der Waals surface area contributed by atoms with Crippen molar-refractivity contribution in [1.29, 1.82) is 0 Å². The number of thiocarbonyl (C=S) groups is 1. The van der Waals surface area contributed by atoms with E-state index in [0.29, 0.717) is 22.8 Å². The molecule has 0 aliphatic heterocycles. The maximum absolute atomic E-state index is 12.0. The summed E-state index contributed by atoms with van der Waals surface area (Å²) in [5.41, 5.74) is 2.07. The number of furan rings is 2. The fraction of sp³-hybridized carbons (Fsp3) is 0.0476. The Balaban J connectivity index is 1.54. The maximum atomic E-state index is 12.0. The normalized spacial score (nSPS) is 11.2. The van der Waals surface area contributed by atoms with Gasteiger partial charge in [-0.3, -0.25) is 10.1 Å². The van der Waals surface area contributed by atoms with Crippen molar-refractivity contribution in [3.8, 4) is 5.75 Å². The second kappa shape index (κ2) is 7.58. The molecule has 0 aliphatic carbocycles. The number of rotatable bonds is 4. The number of carbonyl (C=O) groups excluding carboxylic acids is 1. The molecule has 0 atom stereocenters. The fourth-order valence-electron chi connectivity index (χ4n) is 2.87. The summed E-state index contributed by atoms with van der Waals surface area (Å²) >= 11 is 5.23. The second-order valence-corrected chi connectivity index (χ2v) is 6.35. The first-order chi connectivity index (χ1) is 13.6. The highest BCUT2D eigenvalue weighted by atomic mass is 32.1. The average Bonchev–Trinajstić information content (AvgIpc) is 3.33. The lowest BCUT2D eigenvalue weighted by molar-refractivity contribution is -0.115. The first kappa shape index (κ1) is 17.8. The van der Waals surface area contributed by atoms with Crippen LogP contribution in [-0.2, 0) is 4.79 Å². The molecule has 2 heterocycles. The van der Waals surface area contributed by atoms with E-state index < -0.39 is 0 Å². The maximum Gasteiger partial charge on any atom is 0.250 e. The van der Waals surface area contributed by atoms with Crippen LogP contribution in [0.1, 0.15) is 5.76 Å². The molecular formula is C21H16N2O4S. The van der Waals surface area contributed by atoms with Gasteiger partial charge >= 0.3 is 0 Å². The summed E-state index contributed by atoms with van der Waals surface area (Å²) in [5, 5.41) is 7.64. The van der Waals surface area contributed by atoms with Crippen LogP contribution in [0.15, 0.2) is 69.7 Å². The average molecular weight is 392 g/mol. The van der Waals surface area contributed by atoms with Gasteiger partial charge in [0.15, 0.2) is 5.11 Å². The Hall–Kier alpha value is -3.58. The molecule has 0 fully saturated rings. The van der Waals surface area contributed by atoms with Crippen LogP contribution in [0.5, 0.6) is 5.75 Å². The minimum atomic E-state index is -0.377. The number of hydrogen-bond donors (Lipinski definition) is 2. The molecule has 7 heteroatoms. The van der Waals surface area contributed by atoms with Gasteiger partial charge in [0, 0.05) is 22.9 Å². The highest BCUT2D eigenvalue weighted by Crippen LogP contribution is 2.36. The largest absolute Gasteiger partial charge is 0.495 e. The van der Waals surface area contributed by atoms with Gasteiger partial charge in [-0.1, -0.05) is 18.2 Å². The van der Waals surface area contributed by atoms with E-state index in [1.165, 1.54) is 12.3 Å². The molecule has 0 spiro atoms. The number of para-hydroxylation sites is 1. The molecule has 4 aromatic rings. The van der Waals surface area contributed by atoms with Crippen molar-refractivity contribution in [3.63, 3.8) is 0 Å². The minimum absolute atomic E-state index is 0.142. The molecule has 0 unspecified atom stereocenters. The summed E-state index contributed by atoms with van der Waals surface area (Å²) in [4.78, 5) is 12.0. The molecule has 2 N–H and O–H groups in total. The van der Waals surface area contributed by atoms with Gasteiger partial charge in [-0.05, 0) is 42.6 Å². The van der Waals surface area contributed by atoms with Crippen molar-refractivity contribution in [3.05, 3.63) is 66.6 Å². The Kier molecular flexibility index (Phi) is 4.82. The summed E-state index contributed by atoms with van der Waals surface area (Å²) in [7, 11) is 1.57. The van der Waals surface area contributed by atoms with Crippen LogP contribution in [0.3, 0.4) is 0 Å². The number of fused-ring (bicyclic) bond motifs is 3.